The van der Waals surface area contributed by atoms with E-state index in [9.17, 15) is 9.59 Å². The molecule has 5 heteroatoms. The number of methoxy groups -OCH3 is 1. The Morgan fingerprint density at radius 1 is 1.42 bits per heavy atom. The molecule has 0 radical (unpaired) electrons. The van der Waals surface area contributed by atoms with Gasteiger partial charge in [0, 0.05) is 32.0 Å². The molecule has 0 saturated carbocycles. The first kappa shape index (κ1) is 13.5. The third-order valence-electron chi connectivity index (χ3n) is 3.24. The number of carbonyl (C=O) groups excluding carboxylic acids is 2. The molecule has 2 amide bonds. The number of ether oxygens (including phenoxy) is 1. The van der Waals surface area contributed by atoms with Crippen molar-refractivity contribution < 1.29 is 14.3 Å². The van der Waals surface area contributed by atoms with Gasteiger partial charge < -0.3 is 15.0 Å². The van der Waals surface area contributed by atoms with Crippen LogP contribution in [-0.4, -0.2) is 32.6 Å². The summed E-state index contributed by atoms with van der Waals surface area (Å²) in [6, 6.07) is 5.62. The van der Waals surface area contributed by atoms with Crippen LogP contribution in [-0.2, 0) is 20.7 Å². The van der Waals surface area contributed by atoms with Crippen molar-refractivity contribution in [3.8, 4) is 0 Å². The first-order chi connectivity index (χ1) is 9.11. The average Bonchev–Trinajstić information content (AvgIpc) is 2.41. The lowest BCUT2D eigenvalue weighted by molar-refractivity contribution is -0.119. The van der Waals surface area contributed by atoms with Crippen molar-refractivity contribution in [2.45, 2.75) is 19.3 Å². The highest BCUT2D eigenvalue weighted by molar-refractivity contribution is 5.97. The molecule has 0 aliphatic carbocycles. The number of hydrogen-bond donors (Lipinski definition) is 1. The lowest BCUT2D eigenvalue weighted by Crippen LogP contribution is -2.31. The van der Waals surface area contributed by atoms with E-state index in [1.54, 1.807) is 19.1 Å². The summed E-state index contributed by atoms with van der Waals surface area (Å²) in [6.45, 7) is 0.411. The summed E-state index contributed by atoms with van der Waals surface area (Å²) in [5.74, 6) is 0.0615. The lowest BCUT2D eigenvalue weighted by Gasteiger charge is -2.26. The highest BCUT2D eigenvalue weighted by Gasteiger charge is 2.20. The summed E-state index contributed by atoms with van der Waals surface area (Å²) in [6.07, 6.45) is 1.58. The minimum Gasteiger partial charge on any atom is -0.384 e. The van der Waals surface area contributed by atoms with Crippen molar-refractivity contribution in [2.75, 3.05) is 31.0 Å². The summed E-state index contributed by atoms with van der Waals surface area (Å²) < 4.78 is 4.86. The number of hydrogen-bond acceptors (Lipinski definition) is 3. The second kappa shape index (κ2) is 5.84. The number of carbonyl (C=O) groups is 2. The lowest BCUT2D eigenvalue weighted by atomic mass is 10.0. The van der Waals surface area contributed by atoms with Gasteiger partial charge in [0.15, 0.2) is 0 Å². The van der Waals surface area contributed by atoms with Crippen LogP contribution in [0.25, 0.3) is 0 Å². The maximum absolute atomic E-state index is 11.6. The molecule has 1 N–H and O–H groups in total. The molecule has 19 heavy (non-hydrogen) atoms. The Kier molecular flexibility index (Phi) is 4.16. The van der Waals surface area contributed by atoms with E-state index in [2.05, 4.69) is 5.32 Å². The van der Waals surface area contributed by atoms with Gasteiger partial charge in [-0.25, -0.2) is 0 Å². The molecule has 2 rings (SSSR count). The van der Waals surface area contributed by atoms with Crippen LogP contribution >= 0.6 is 0 Å². The van der Waals surface area contributed by atoms with Crippen molar-refractivity contribution in [3.63, 3.8) is 0 Å². The molecular weight excluding hydrogens is 244 g/mol. The van der Waals surface area contributed by atoms with Crippen LogP contribution in [0.3, 0.4) is 0 Å². The molecule has 0 aromatic heterocycles. The maximum Gasteiger partial charge on any atom is 0.227 e. The Morgan fingerprint density at radius 3 is 2.95 bits per heavy atom. The fourth-order valence-corrected chi connectivity index (χ4v) is 2.15. The molecular formula is C14H18N2O3. The Hall–Kier alpha value is -1.88. The smallest absolute Gasteiger partial charge is 0.227 e. The third-order valence-corrected chi connectivity index (χ3v) is 3.24. The highest BCUT2D eigenvalue weighted by Crippen LogP contribution is 2.29. The molecule has 0 bridgehead atoms. The second-order valence-corrected chi connectivity index (χ2v) is 4.59. The molecule has 102 valence electrons. The van der Waals surface area contributed by atoms with Crippen molar-refractivity contribution >= 4 is 23.2 Å². The molecule has 0 unspecified atom stereocenters. The fourth-order valence-electron chi connectivity index (χ4n) is 2.15. The molecule has 1 aliphatic rings. The molecule has 5 nitrogen and oxygen atoms in total. The number of nitrogens with zero attached hydrogens (tertiary/aromatic N) is 1. The van der Waals surface area contributed by atoms with Gasteiger partial charge in [0.05, 0.1) is 13.0 Å². The van der Waals surface area contributed by atoms with E-state index in [1.807, 2.05) is 18.2 Å². The Balaban J connectivity index is 2.09. The standard InChI is InChI=1S/C14H18N2O3/c1-16-12-5-4-11(15-13(17)7-8-19-2)9-10(12)3-6-14(16)18/h4-5,9H,3,6-8H2,1-2H3,(H,15,17). The third kappa shape index (κ3) is 3.12. The normalized spacial score (nSPS) is 14.2. The molecule has 0 spiro atoms. The Morgan fingerprint density at radius 2 is 2.21 bits per heavy atom. The molecule has 1 aliphatic heterocycles. The van der Waals surface area contributed by atoms with Crippen LogP contribution in [0, 0.1) is 0 Å². The van der Waals surface area contributed by atoms with Crippen LogP contribution in [0.2, 0.25) is 0 Å². The molecule has 0 saturated heterocycles. The number of fused-ring (bicyclic) bond motifs is 1. The van der Waals surface area contributed by atoms with Crippen molar-refractivity contribution in [2.24, 2.45) is 0 Å². The first-order valence-electron chi connectivity index (χ1n) is 6.30. The SMILES string of the molecule is COCCC(=O)Nc1ccc2c(c1)CCC(=O)N2C. The van der Waals surface area contributed by atoms with Crippen LogP contribution in [0.4, 0.5) is 11.4 Å². The monoisotopic (exact) mass is 262 g/mol. The number of nitrogens with one attached hydrogen (secondary N) is 1. The zero-order valence-corrected chi connectivity index (χ0v) is 11.2. The first-order valence-corrected chi connectivity index (χ1v) is 6.30. The van der Waals surface area contributed by atoms with Gasteiger partial charge in [0.1, 0.15) is 0 Å². The summed E-state index contributed by atoms with van der Waals surface area (Å²) in [4.78, 5) is 24.8. The zero-order valence-electron chi connectivity index (χ0n) is 11.2. The van der Waals surface area contributed by atoms with E-state index in [0.29, 0.717) is 19.4 Å². The van der Waals surface area contributed by atoms with Gasteiger partial charge in [-0.05, 0) is 30.2 Å². The summed E-state index contributed by atoms with van der Waals surface area (Å²) in [5, 5.41) is 2.83. The minimum atomic E-state index is -0.0676. The fraction of sp³-hybridized carbons (Fsp3) is 0.429. The van der Waals surface area contributed by atoms with E-state index < -0.39 is 0 Å². The van der Waals surface area contributed by atoms with Crippen LogP contribution < -0.4 is 10.2 Å². The summed E-state index contributed by atoms with van der Waals surface area (Å²) in [5.41, 5.74) is 2.78. The van der Waals surface area contributed by atoms with Crippen LogP contribution in [0.5, 0.6) is 0 Å². The van der Waals surface area contributed by atoms with E-state index >= 15 is 0 Å². The van der Waals surface area contributed by atoms with E-state index in [4.69, 9.17) is 4.74 Å². The van der Waals surface area contributed by atoms with Gasteiger partial charge in [-0.2, -0.15) is 0 Å². The van der Waals surface area contributed by atoms with Gasteiger partial charge in [-0.15, -0.1) is 0 Å². The van der Waals surface area contributed by atoms with E-state index in [-0.39, 0.29) is 11.8 Å². The van der Waals surface area contributed by atoms with Gasteiger partial charge >= 0.3 is 0 Å². The minimum absolute atomic E-state index is 0.0676. The van der Waals surface area contributed by atoms with Gasteiger partial charge in [-0.3, -0.25) is 9.59 Å². The predicted octanol–water partition coefficient (Wildman–Crippen LogP) is 1.57. The molecule has 0 atom stereocenters. The summed E-state index contributed by atoms with van der Waals surface area (Å²) >= 11 is 0. The van der Waals surface area contributed by atoms with Crippen molar-refractivity contribution in [1.29, 1.82) is 0 Å². The van der Waals surface area contributed by atoms with E-state index in [0.717, 1.165) is 23.4 Å². The Labute approximate surface area is 112 Å². The highest BCUT2D eigenvalue weighted by atomic mass is 16.5. The number of anilines is 2. The summed E-state index contributed by atoms with van der Waals surface area (Å²) in [7, 11) is 3.34. The Bertz CT molecular complexity index is 499. The van der Waals surface area contributed by atoms with Gasteiger partial charge in [-0.1, -0.05) is 0 Å². The number of benzene rings is 1. The number of rotatable bonds is 4. The van der Waals surface area contributed by atoms with Crippen molar-refractivity contribution in [1.82, 2.24) is 0 Å². The van der Waals surface area contributed by atoms with Crippen LogP contribution in [0.15, 0.2) is 18.2 Å². The number of aryl methyl sites for hydroxylation is 1. The van der Waals surface area contributed by atoms with E-state index in [1.165, 1.54) is 0 Å². The van der Waals surface area contributed by atoms with Crippen molar-refractivity contribution in [3.05, 3.63) is 23.8 Å². The van der Waals surface area contributed by atoms with Gasteiger partial charge in [0.2, 0.25) is 11.8 Å². The average molecular weight is 262 g/mol. The zero-order chi connectivity index (χ0) is 13.8. The predicted molar refractivity (Wildman–Crippen MR) is 73.3 cm³/mol. The molecule has 1 heterocycles. The second-order valence-electron chi connectivity index (χ2n) is 4.59. The molecule has 0 fully saturated rings. The quantitative estimate of drug-likeness (QED) is 0.896. The molecule has 1 aromatic rings. The number of amides is 2. The largest absolute Gasteiger partial charge is 0.384 e. The molecule has 1 aromatic carbocycles. The van der Waals surface area contributed by atoms with Gasteiger partial charge in [0.25, 0.3) is 0 Å². The maximum atomic E-state index is 11.6. The van der Waals surface area contributed by atoms with Crippen LogP contribution in [0.1, 0.15) is 18.4 Å². The topological polar surface area (TPSA) is 58.6 Å².